The van der Waals surface area contributed by atoms with Crippen molar-refractivity contribution in [2.45, 2.75) is 361 Å². The number of aliphatic hydroxyl groups is 1. The van der Waals surface area contributed by atoms with E-state index in [2.05, 4.69) is 117 Å². The summed E-state index contributed by atoms with van der Waals surface area (Å²) in [6.07, 6.45) is 35.9. The maximum Gasteiger partial charge on any atom is 0.306 e. The van der Waals surface area contributed by atoms with E-state index >= 15 is 0 Å². The van der Waals surface area contributed by atoms with Gasteiger partial charge in [-0.25, -0.2) is 0 Å². The molecule has 1 fully saturated rings. The molecule has 0 spiro atoms. The molecule has 1 saturated heterocycles. The molecule has 492 valence electrons. The van der Waals surface area contributed by atoms with Gasteiger partial charge in [0.2, 0.25) is 0 Å². The average Bonchev–Trinajstić information content (AvgIpc) is 3.53. The van der Waals surface area contributed by atoms with E-state index < -0.39 is 16.6 Å². The van der Waals surface area contributed by atoms with Crippen LogP contribution in [0.3, 0.4) is 0 Å². The fourth-order valence-corrected chi connectivity index (χ4v) is 13.9. The Hall–Kier alpha value is -1.40. The Morgan fingerprint density at radius 1 is 0.470 bits per heavy atom. The van der Waals surface area contributed by atoms with Gasteiger partial charge in [0.05, 0.1) is 25.4 Å². The summed E-state index contributed by atoms with van der Waals surface area (Å²) in [6.45, 7) is 40.9. The maximum absolute atomic E-state index is 13.5. The summed E-state index contributed by atoms with van der Waals surface area (Å²) in [6, 6.07) is 0.680. The van der Waals surface area contributed by atoms with Gasteiger partial charge in [-0.2, -0.15) is 0 Å². The van der Waals surface area contributed by atoms with Crippen LogP contribution in [0.5, 0.6) is 0 Å². The molecule has 0 aliphatic carbocycles. The summed E-state index contributed by atoms with van der Waals surface area (Å²) in [5, 5.41) is 9.57. The second kappa shape index (κ2) is 46.7. The smallest absolute Gasteiger partial charge is 0.306 e. The summed E-state index contributed by atoms with van der Waals surface area (Å²) in [4.78, 5) is 47.1. The number of esters is 3. The lowest BCUT2D eigenvalue weighted by Gasteiger charge is -2.43. The lowest BCUT2D eigenvalue weighted by Crippen LogP contribution is -2.57. The first-order valence-corrected chi connectivity index (χ1v) is 40.9. The fraction of sp³-hybridized carbons (Fsp3) is 0.957. The van der Waals surface area contributed by atoms with Gasteiger partial charge in [-0.3, -0.25) is 29.1 Å². The number of piperazine rings is 1. The van der Waals surface area contributed by atoms with Crippen LogP contribution in [0.1, 0.15) is 294 Å². The molecule has 83 heavy (non-hydrogen) atoms. The van der Waals surface area contributed by atoms with Crippen LogP contribution in [0.4, 0.5) is 0 Å². The number of carbonyl (C=O) groups excluding carboxylic acids is 3. The SMILES string of the molecule is CCCCCCCCCCCOC(=O)CCCC(CN(CCCCC(=O)OCCN1CC(C)N(CCO)CC1C)CC(CCCCCC(=O)OC(CCCCCCCC)CCCCCCCC)O[Si](C)(C)C(C)(C)C)O[Si](C)(C)C(C)(C)C. The molecule has 4 atom stereocenters. The van der Waals surface area contributed by atoms with E-state index in [0.29, 0.717) is 70.6 Å². The molecule has 0 bridgehead atoms. The van der Waals surface area contributed by atoms with Crippen molar-refractivity contribution in [3.8, 4) is 0 Å². The minimum atomic E-state index is -2.22. The zero-order valence-corrected chi connectivity index (χ0v) is 59.6. The van der Waals surface area contributed by atoms with Crippen LogP contribution in [0.15, 0.2) is 0 Å². The fourth-order valence-electron chi connectivity index (χ4n) is 11.1. The van der Waals surface area contributed by atoms with Crippen LogP contribution < -0.4 is 0 Å². The third kappa shape index (κ3) is 39.3. The number of unbranched alkanes of at least 4 members (excludes halogenated alkanes) is 21. The molecule has 0 aromatic rings. The zero-order chi connectivity index (χ0) is 62.0. The first kappa shape index (κ1) is 79.6. The standard InChI is InChI=1S/C69H139N3O9Si2/c1-16-19-22-25-28-29-30-33-41-54-77-66(75)49-42-46-64(81-83(14,15)69(9,10)11)59-70(50-40-39-47-65(74)78-55-52-72-57-60(4)71(51-53-73)56-61(72)5)58-63(80-82(12,13)68(6,7)8)45-37-34-38-48-67(76)79-62(43-35-31-26-23-20-17-2)44-36-32-27-24-21-18-3/h60-64,73H,16-59H2,1-15H3. The van der Waals surface area contributed by atoms with Gasteiger partial charge in [-0.15, -0.1) is 0 Å². The van der Waals surface area contributed by atoms with Crippen molar-refractivity contribution in [2.75, 3.05) is 65.6 Å². The molecule has 4 unspecified atom stereocenters. The second-order valence-corrected chi connectivity index (χ2v) is 38.1. The topological polar surface area (TPSA) is 127 Å². The van der Waals surface area contributed by atoms with Gasteiger partial charge in [-0.1, -0.05) is 191 Å². The molecule has 14 heteroatoms. The number of rotatable bonds is 53. The molecule has 0 aromatic carbocycles. The molecule has 1 N–H and O–H groups in total. The molecule has 12 nitrogen and oxygen atoms in total. The summed E-state index contributed by atoms with van der Waals surface area (Å²) < 4.78 is 32.6. The number of β-amino-alcohol motifs (C(OH)–C–C–N with tert-alkyl or cyclic N) is 1. The summed E-state index contributed by atoms with van der Waals surface area (Å²) in [5.41, 5.74) is 0. The van der Waals surface area contributed by atoms with Crippen LogP contribution in [0.2, 0.25) is 36.3 Å². The third-order valence-electron chi connectivity index (χ3n) is 18.7. The molecule has 1 heterocycles. The lowest BCUT2D eigenvalue weighted by molar-refractivity contribution is -0.150. The number of nitrogens with zero attached hydrogens (tertiary/aromatic N) is 3. The Labute approximate surface area is 516 Å². The van der Waals surface area contributed by atoms with Gasteiger partial charge in [0.1, 0.15) is 12.7 Å². The first-order chi connectivity index (χ1) is 39.4. The van der Waals surface area contributed by atoms with Crippen molar-refractivity contribution >= 4 is 34.5 Å². The van der Waals surface area contributed by atoms with Crippen molar-refractivity contribution in [3.05, 3.63) is 0 Å². The van der Waals surface area contributed by atoms with Gasteiger partial charge in [-0.05, 0) is 127 Å². The Kier molecular flexibility index (Phi) is 44.8. The number of aliphatic hydroxyl groups excluding tert-OH is 1. The van der Waals surface area contributed by atoms with E-state index in [1.807, 2.05) is 0 Å². The number of ether oxygens (including phenoxy) is 3. The van der Waals surface area contributed by atoms with Crippen molar-refractivity contribution in [1.29, 1.82) is 0 Å². The van der Waals surface area contributed by atoms with E-state index in [4.69, 9.17) is 23.1 Å². The molecule has 0 aromatic heterocycles. The van der Waals surface area contributed by atoms with E-state index in [0.717, 1.165) is 110 Å². The van der Waals surface area contributed by atoms with Crippen LogP contribution in [0.25, 0.3) is 0 Å². The highest BCUT2D eigenvalue weighted by molar-refractivity contribution is 6.74. The molecule has 0 amide bonds. The Morgan fingerprint density at radius 3 is 1.29 bits per heavy atom. The highest BCUT2D eigenvalue weighted by Gasteiger charge is 2.41. The number of hydrogen-bond acceptors (Lipinski definition) is 12. The Balaban J connectivity index is 3.23. The number of hydrogen-bond donors (Lipinski definition) is 1. The van der Waals surface area contributed by atoms with E-state index in [-0.39, 0.29) is 52.9 Å². The van der Waals surface area contributed by atoms with Gasteiger partial charge in [0.25, 0.3) is 0 Å². The van der Waals surface area contributed by atoms with Gasteiger partial charge in [0.15, 0.2) is 16.6 Å². The predicted molar refractivity (Wildman–Crippen MR) is 356 cm³/mol. The summed E-state index contributed by atoms with van der Waals surface area (Å²) in [7, 11) is -4.41. The molecule has 1 aliphatic heterocycles. The second-order valence-electron chi connectivity index (χ2n) is 28.6. The molecule has 1 aliphatic rings. The molecular formula is C69H139N3O9Si2. The van der Waals surface area contributed by atoms with E-state index in [9.17, 15) is 19.5 Å². The normalized spacial score (nSPS) is 16.7. The zero-order valence-electron chi connectivity index (χ0n) is 57.6. The largest absolute Gasteiger partial charge is 0.466 e. The van der Waals surface area contributed by atoms with Crippen LogP contribution in [0, 0.1) is 0 Å². The monoisotopic (exact) mass is 1210 g/mol. The van der Waals surface area contributed by atoms with Crippen molar-refractivity contribution in [1.82, 2.24) is 14.7 Å². The van der Waals surface area contributed by atoms with Gasteiger partial charge < -0.3 is 28.2 Å². The van der Waals surface area contributed by atoms with Gasteiger partial charge >= 0.3 is 17.9 Å². The van der Waals surface area contributed by atoms with Crippen LogP contribution >= 0.6 is 0 Å². The minimum Gasteiger partial charge on any atom is -0.466 e. The van der Waals surface area contributed by atoms with Crippen molar-refractivity contribution < 1.29 is 42.6 Å². The van der Waals surface area contributed by atoms with Crippen molar-refractivity contribution in [3.63, 3.8) is 0 Å². The first-order valence-electron chi connectivity index (χ1n) is 35.1. The highest BCUT2D eigenvalue weighted by Crippen LogP contribution is 2.39. The highest BCUT2D eigenvalue weighted by atomic mass is 28.4. The third-order valence-corrected chi connectivity index (χ3v) is 27.8. The van der Waals surface area contributed by atoms with Gasteiger partial charge in [0, 0.05) is 70.6 Å². The molecule has 0 saturated carbocycles. The predicted octanol–water partition coefficient (Wildman–Crippen LogP) is 17.8. The Morgan fingerprint density at radius 2 is 0.831 bits per heavy atom. The minimum absolute atomic E-state index is 0.00739. The van der Waals surface area contributed by atoms with E-state index in [1.165, 1.54) is 109 Å². The number of carbonyl (C=O) groups is 3. The summed E-state index contributed by atoms with van der Waals surface area (Å²) >= 11 is 0. The van der Waals surface area contributed by atoms with E-state index in [1.54, 1.807) is 0 Å². The maximum atomic E-state index is 13.5. The van der Waals surface area contributed by atoms with Crippen LogP contribution in [-0.2, 0) is 37.4 Å². The van der Waals surface area contributed by atoms with Crippen molar-refractivity contribution in [2.24, 2.45) is 0 Å². The quantitative estimate of drug-likeness (QED) is 0.0270. The average molecular weight is 1210 g/mol. The lowest BCUT2D eigenvalue weighted by atomic mass is 10.0. The molecule has 0 radical (unpaired) electrons. The molecule has 1 rings (SSSR count). The molecular weight excluding hydrogens is 1070 g/mol. The Bertz CT molecular complexity index is 1590. The van der Waals surface area contributed by atoms with Crippen LogP contribution in [-0.4, -0.2) is 150 Å². The summed E-state index contributed by atoms with van der Waals surface area (Å²) in [5.74, 6) is -0.288.